The normalized spacial score (nSPS) is 25.0. The number of morpholine rings is 1. The lowest BCUT2D eigenvalue weighted by Gasteiger charge is -2.36. The number of hydrogen-bond donors (Lipinski definition) is 1. The van der Waals surface area contributed by atoms with Crippen LogP contribution in [0.25, 0.3) is 0 Å². The van der Waals surface area contributed by atoms with Crippen molar-refractivity contribution in [2.24, 2.45) is 0 Å². The zero-order chi connectivity index (χ0) is 15.5. The summed E-state index contributed by atoms with van der Waals surface area (Å²) in [6, 6.07) is 9.26. The minimum atomic E-state index is -0.270. The highest BCUT2D eigenvalue weighted by Crippen LogP contribution is 2.36. The van der Waals surface area contributed by atoms with Crippen LogP contribution in [0.3, 0.4) is 0 Å². The third-order valence-corrected chi connectivity index (χ3v) is 5.15. The average Bonchev–Trinajstić information content (AvgIpc) is 3.07. The molecule has 0 atom stereocenters. The first-order valence-electron chi connectivity index (χ1n) is 8.80. The zero-order valence-corrected chi connectivity index (χ0v) is 13.6. The Kier molecular flexibility index (Phi) is 4.42. The smallest absolute Gasteiger partial charge is 0.168 e. The number of nitrogens with zero attached hydrogens (tertiary/aromatic N) is 1. The number of benzene rings is 1. The number of hydrogen-bond acceptors (Lipinski definition) is 5. The van der Waals surface area contributed by atoms with Crippen LogP contribution in [0.15, 0.2) is 24.3 Å². The molecule has 5 heteroatoms. The van der Waals surface area contributed by atoms with Crippen LogP contribution in [0, 0.1) is 0 Å². The molecular formula is C18H26N2O3. The molecule has 2 heterocycles. The molecule has 0 amide bonds. The van der Waals surface area contributed by atoms with Gasteiger partial charge in [-0.25, -0.2) is 0 Å². The van der Waals surface area contributed by atoms with Gasteiger partial charge in [-0.15, -0.1) is 0 Å². The third kappa shape index (κ3) is 3.47. The molecule has 5 nitrogen and oxygen atoms in total. The largest absolute Gasteiger partial charge is 0.382 e. The number of ether oxygens (including phenoxy) is 3. The molecule has 1 saturated carbocycles. The lowest BCUT2D eigenvalue weighted by molar-refractivity contribution is -0.177. The molecule has 3 fully saturated rings. The first-order chi connectivity index (χ1) is 11.3. The van der Waals surface area contributed by atoms with Crippen molar-refractivity contribution < 1.29 is 14.2 Å². The lowest BCUT2D eigenvalue weighted by Crippen LogP contribution is -2.39. The second-order valence-electron chi connectivity index (χ2n) is 6.68. The summed E-state index contributed by atoms with van der Waals surface area (Å²) < 4.78 is 17.1. The van der Waals surface area contributed by atoms with E-state index in [9.17, 15) is 0 Å². The van der Waals surface area contributed by atoms with Gasteiger partial charge in [-0.3, -0.25) is 0 Å². The maximum atomic E-state index is 5.81. The first kappa shape index (κ1) is 15.2. The Bertz CT molecular complexity index is 515. The molecular weight excluding hydrogens is 292 g/mol. The lowest BCUT2D eigenvalue weighted by atomic mass is 9.90. The molecule has 4 rings (SSSR count). The van der Waals surface area contributed by atoms with Gasteiger partial charge in [0.2, 0.25) is 0 Å². The van der Waals surface area contributed by atoms with Crippen molar-refractivity contribution in [2.75, 3.05) is 49.7 Å². The van der Waals surface area contributed by atoms with Crippen molar-refractivity contribution in [1.29, 1.82) is 0 Å². The van der Waals surface area contributed by atoms with Crippen LogP contribution in [0.5, 0.6) is 0 Å². The minimum absolute atomic E-state index is 0.270. The molecule has 1 N–H and O–H groups in total. The SMILES string of the molecule is c1cc(NC2CCC3(CC2)OCCO3)cc(N2CCOCC2)c1. The van der Waals surface area contributed by atoms with Gasteiger partial charge in [0.05, 0.1) is 26.4 Å². The average molecular weight is 318 g/mol. The van der Waals surface area contributed by atoms with Crippen LogP contribution < -0.4 is 10.2 Å². The van der Waals surface area contributed by atoms with Crippen molar-refractivity contribution in [1.82, 2.24) is 0 Å². The molecule has 2 saturated heterocycles. The summed E-state index contributed by atoms with van der Waals surface area (Å²) in [6.45, 7) is 5.10. The topological polar surface area (TPSA) is 43.0 Å². The maximum Gasteiger partial charge on any atom is 0.168 e. The first-order valence-corrected chi connectivity index (χ1v) is 8.80. The van der Waals surface area contributed by atoms with Crippen molar-refractivity contribution in [2.45, 2.75) is 37.5 Å². The monoisotopic (exact) mass is 318 g/mol. The van der Waals surface area contributed by atoms with Gasteiger partial charge in [0.1, 0.15) is 0 Å². The van der Waals surface area contributed by atoms with Gasteiger partial charge in [-0.1, -0.05) is 6.07 Å². The van der Waals surface area contributed by atoms with Crippen LogP contribution in [0.4, 0.5) is 11.4 Å². The molecule has 126 valence electrons. The summed E-state index contributed by atoms with van der Waals surface area (Å²) in [7, 11) is 0. The number of rotatable bonds is 3. The van der Waals surface area contributed by atoms with E-state index in [0.717, 1.165) is 65.2 Å². The van der Waals surface area contributed by atoms with Crippen LogP contribution in [-0.4, -0.2) is 51.3 Å². The van der Waals surface area contributed by atoms with Crippen LogP contribution in [0.1, 0.15) is 25.7 Å². The Morgan fingerprint density at radius 3 is 2.48 bits per heavy atom. The predicted octanol–water partition coefficient (Wildman–Crippen LogP) is 2.62. The van der Waals surface area contributed by atoms with E-state index in [1.165, 1.54) is 11.4 Å². The molecule has 1 spiro atoms. The molecule has 0 unspecified atom stereocenters. The Balaban J connectivity index is 1.35. The summed E-state index contributed by atoms with van der Waals surface area (Å²) in [5.41, 5.74) is 2.50. The Morgan fingerprint density at radius 1 is 1.00 bits per heavy atom. The molecule has 0 bridgehead atoms. The van der Waals surface area contributed by atoms with Gasteiger partial charge in [0, 0.05) is 43.3 Å². The van der Waals surface area contributed by atoms with Gasteiger partial charge < -0.3 is 24.4 Å². The summed E-state index contributed by atoms with van der Waals surface area (Å²) in [6.07, 6.45) is 4.19. The van der Waals surface area contributed by atoms with Crippen molar-refractivity contribution >= 4 is 11.4 Å². The highest BCUT2D eigenvalue weighted by molar-refractivity contribution is 5.58. The van der Waals surface area contributed by atoms with Crippen LogP contribution in [-0.2, 0) is 14.2 Å². The van der Waals surface area contributed by atoms with Gasteiger partial charge >= 0.3 is 0 Å². The molecule has 1 aliphatic carbocycles. The molecule has 0 aromatic heterocycles. The molecule has 0 radical (unpaired) electrons. The van der Waals surface area contributed by atoms with E-state index in [1.807, 2.05) is 0 Å². The van der Waals surface area contributed by atoms with Crippen molar-refractivity contribution in [3.63, 3.8) is 0 Å². The van der Waals surface area contributed by atoms with Crippen molar-refractivity contribution in [3.05, 3.63) is 24.3 Å². The van der Waals surface area contributed by atoms with Gasteiger partial charge in [0.25, 0.3) is 0 Å². The fourth-order valence-electron chi connectivity index (χ4n) is 3.84. The van der Waals surface area contributed by atoms with E-state index in [-0.39, 0.29) is 5.79 Å². The van der Waals surface area contributed by atoms with Crippen LogP contribution >= 0.6 is 0 Å². The van der Waals surface area contributed by atoms with Crippen LogP contribution in [0.2, 0.25) is 0 Å². The van der Waals surface area contributed by atoms with E-state index in [1.54, 1.807) is 0 Å². The van der Waals surface area contributed by atoms with Gasteiger partial charge in [-0.2, -0.15) is 0 Å². The van der Waals surface area contributed by atoms with E-state index < -0.39 is 0 Å². The number of anilines is 2. The number of nitrogens with one attached hydrogen (secondary N) is 1. The zero-order valence-electron chi connectivity index (χ0n) is 13.6. The van der Waals surface area contributed by atoms with E-state index >= 15 is 0 Å². The Morgan fingerprint density at radius 2 is 1.74 bits per heavy atom. The summed E-state index contributed by atoms with van der Waals surface area (Å²) in [4.78, 5) is 2.39. The molecule has 3 aliphatic rings. The fourth-order valence-corrected chi connectivity index (χ4v) is 3.84. The minimum Gasteiger partial charge on any atom is -0.382 e. The fraction of sp³-hybridized carbons (Fsp3) is 0.667. The van der Waals surface area contributed by atoms with Crippen molar-refractivity contribution in [3.8, 4) is 0 Å². The predicted molar refractivity (Wildman–Crippen MR) is 90.0 cm³/mol. The maximum absolute atomic E-state index is 5.81. The molecule has 2 aliphatic heterocycles. The van der Waals surface area contributed by atoms with E-state index in [0.29, 0.717) is 6.04 Å². The Labute approximate surface area is 137 Å². The van der Waals surface area contributed by atoms with E-state index in [4.69, 9.17) is 14.2 Å². The highest BCUT2D eigenvalue weighted by Gasteiger charge is 2.40. The summed E-state index contributed by atoms with van der Waals surface area (Å²) in [5.74, 6) is -0.270. The second kappa shape index (κ2) is 6.67. The molecule has 23 heavy (non-hydrogen) atoms. The van der Waals surface area contributed by atoms with Gasteiger partial charge in [-0.05, 0) is 31.0 Å². The quantitative estimate of drug-likeness (QED) is 0.928. The third-order valence-electron chi connectivity index (χ3n) is 5.15. The molecule has 1 aromatic rings. The summed E-state index contributed by atoms with van der Waals surface area (Å²) in [5, 5.41) is 3.70. The Hall–Kier alpha value is -1.30. The van der Waals surface area contributed by atoms with Gasteiger partial charge in [0.15, 0.2) is 5.79 Å². The van der Waals surface area contributed by atoms with E-state index in [2.05, 4.69) is 34.5 Å². The standard InChI is InChI=1S/C18H26N2O3/c1-2-16(14-17(3-1)20-8-10-21-11-9-20)19-15-4-6-18(7-5-15)22-12-13-23-18/h1-3,14-15,19H,4-13H2. The molecule has 1 aromatic carbocycles. The second-order valence-corrected chi connectivity index (χ2v) is 6.68. The highest BCUT2D eigenvalue weighted by atomic mass is 16.7. The summed E-state index contributed by atoms with van der Waals surface area (Å²) >= 11 is 0.